The van der Waals surface area contributed by atoms with Gasteiger partial charge in [0.25, 0.3) is 5.91 Å². The van der Waals surface area contributed by atoms with E-state index in [2.05, 4.69) is 34.7 Å². The number of nitrogens with one attached hydrogen (secondary N) is 2. The molecule has 0 aliphatic carbocycles. The molecule has 0 bridgehead atoms. The summed E-state index contributed by atoms with van der Waals surface area (Å²) in [6.07, 6.45) is 3.32. The van der Waals surface area contributed by atoms with Gasteiger partial charge in [0.1, 0.15) is 0 Å². The first-order valence-corrected chi connectivity index (χ1v) is 8.65. The van der Waals surface area contributed by atoms with Gasteiger partial charge in [-0.05, 0) is 49.1 Å². The smallest absolute Gasteiger partial charge is 0.257 e. The largest absolute Gasteiger partial charge is 0.380 e. The number of hydrogen-bond donors (Lipinski definition) is 2. The number of para-hydroxylation sites is 1. The molecule has 0 spiro atoms. The van der Waals surface area contributed by atoms with Gasteiger partial charge in [0.15, 0.2) is 0 Å². The van der Waals surface area contributed by atoms with Gasteiger partial charge in [0, 0.05) is 24.6 Å². The fraction of sp³-hybridized carbons (Fsp3) is 0.182. The van der Waals surface area contributed by atoms with Crippen LogP contribution < -0.4 is 10.6 Å². The van der Waals surface area contributed by atoms with E-state index in [1.165, 1.54) is 11.1 Å². The van der Waals surface area contributed by atoms with Crippen molar-refractivity contribution >= 4 is 17.3 Å². The maximum Gasteiger partial charge on any atom is 0.257 e. The highest BCUT2D eigenvalue weighted by Gasteiger charge is 2.11. The van der Waals surface area contributed by atoms with Gasteiger partial charge < -0.3 is 10.6 Å². The van der Waals surface area contributed by atoms with E-state index in [9.17, 15) is 4.79 Å². The lowest BCUT2D eigenvalue weighted by Gasteiger charge is -2.12. The van der Waals surface area contributed by atoms with Crippen LogP contribution in [0.1, 0.15) is 32.6 Å². The molecule has 0 unspecified atom stereocenters. The first-order chi connectivity index (χ1) is 12.5. The van der Waals surface area contributed by atoms with Gasteiger partial charge in [-0.1, -0.05) is 42.5 Å². The van der Waals surface area contributed by atoms with Crippen molar-refractivity contribution in [1.29, 1.82) is 0 Å². The maximum absolute atomic E-state index is 12.6. The monoisotopic (exact) mass is 345 g/mol. The Kier molecular flexibility index (Phi) is 5.32. The number of carbonyl (C=O) groups is 1. The number of aryl methyl sites for hydroxylation is 3. The molecule has 26 heavy (non-hydrogen) atoms. The van der Waals surface area contributed by atoms with Crippen LogP contribution >= 0.6 is 0 Å². The zero-order valence-electron chi connectivity index (χ0n) is 15.3. The Bertz CT molecular complexity index is 914. The lowest BCUT2D eigenvalue weighted by atomic mass is 10.1. The zero-order chi connectivity index (χ0) is 18.5. The van der Waals surface area contributed by atoms with E-state index in [0.29, 0.717) is 12.1 Å². The van der Waals surface area contributed by atoms with Gasteiger partial charge in [-0.2, -0.15) is 0 Å². The molecule has 0 atom stereocenters. The summed E-state index contributed by atoms with van der Waals surface area (Å²) in [5.74, 6) is -0.158. The Balaban J connectivity index is 1.72. The molecule has 3 aromatic rings. The average molecular weight is 345 g/mol. The number of hydrogen-bond acceptors (Lipinski definition) is 3. The summed E-state index contributed by atoms with van der Waals surface area (Å²) in [5, 5.41) is 6.34. The molecular formula is C22H23N3O. The molecule has 0 fully saturated rings. The van der Waals surface area contributed by atoms with Crippen LogP contribution in [0.25, 0.3) is 0 Å². The summed E-state index contributed by atoms with van der Waals surface area (Å²) in [6.45, 7) is 6.75. The van der Waals surface area contributed by atoms with Crippen molar-refractivity contribution in [3.63, 3.8) is 0 Å². The van der Waals surface area contributed by atoms with Crippen LogP contribution in [0.3, 0.4) is 0 Å². The molecule has 0 radical (unpaired) electrons. The standard InChI is InChI=1S/C22H23N3O/c1-15-7-4-5-10-18(15)13-24-20-11-19(12-23-14-20)22(26)25-21-16(2)8-6-9-17(21)3/h4-12,14,24H,13H2,1-3H3,(H,25,26). The molecule has 1 amide bonds. The summed E-state index contributed by atoms with van der Waals surface area (Å²) in [6, 6.07) is 16.0. The second kappa shape index (κ2) is 7.83. The van der Waals surface area contributed by atoms with Crippen molar-refractivity contribution in [2.24, 2.45) is 0 Å². The van der Waals surface area contributed by atoms with Crippen LogP contribution in [0.5, 0.6) is 0 Å². The highest BCUT2D eigenvalue weighted by Crippen LogP contribution is 2.21. The van der Waals surface area contributed by atoms with Crippen LogP contribution in [0.2, 0.25) is 0 Å². The zero-order valence-corrected chi connectivity index (χ0v) is 15.3. The molecule has 3 rings (SSSR count). The molecule has 0 aliphatic heterocycles. The molecular weight excluding hydrogens is 322 g/mol. The minimum atomic E-state index is -0.158. The quantitative estimate of drug-likeness (QED) is 0.693. The minimum Gasteiger partial charge on any atom is -0.380 e. The van der Waals surface area contributed by atoms with Crippen molar-refractivity contribution in [2.45, 2.75) is 27.3 Å². The molecule has 4 nitrogen and oxygen atoms in total. The summed E-state index contributed by atoms with van der Waals surface area (Å²) in [7, 11) is 0. The van der Waals surface area contributed by atoms with Crippen LogP contribution in [0.15, 0.2) is 60.9 Å². The lowest BCUT2D eigenvalue weighted by Crippen LogP contribution is -2.14. The number of rotatable bonds is 5. The van der Waals surface area contributed by atoms with Crippen LogP contribution in [0, 0.1) is 20.8 Å². The molecule has 0 saturated heterocycles. The summed E-state index contributed by atoms with van der Waals surface area (Å²) >= 11 is 0. The second-order valence-electron chi connectivity index (χ2n) is 6.46. The van der Waals surface area contributed by atoms with Crippen molar-refractivity contribution in [2.75, 3.05) is 10.6 Å². The Morgan fingerprint density at radius 2 is 1.62 bits per heavy atom. The minimum absolute atomic E-state index is 0.158. The third-order valence-corrected chi connectivity index (χ3v) is 4.46. The van der Waals surface area contributed by atoms with Crippen molar-refractivity contribution in [3.05, 3.63) is 88.7 Å². The van der Waals surface area contributed by atoms with Crippen LogP contribution in [0.4, 0.5) is 11.4 Å². The van der Waals surface area contributed by atoms with E-state index in [4.69, 9.17) is 0 Å². The normalized spacial score (nSPS) is 10.4. The molecule has 0 aliphatic rings. The van der Waals surface area contributed by atoms with Crippen molar-refractivity contribution in [1.82, 2.24) is 4.98 Å². The number of benzene rings is 2. The number of pyridine rings is 1. The molecule has 132 valence electrons. The number of carbonyl (C=O) groups excluding carboxylic acids is 1. The van der Waals surface area contributed by atoms with Gasteiger partial charge in [-0.3, -0.25) is 9.78 Å². The van der Waals surface area contributed by atoms with E-state index in [1.807, 2.05) is 50.2 Å². The Hall–Kier alpha value is -3.14. The lowest BCUT2D eigenvalue weighted by molar-refractivity contribution is 0.102. The van der Waals surface area contributed by atoms with Gasteiger partial charge >= 0.3 is 0 Å². The fourth-order valence-corrected chi connectivity index (χ4v) is 2.86. The highest BCUT2D eigenvalue weighted by molar-refractivity contribution is 6.05. The van der Waals surface area contributed by atoms with Gasteiger partial charge in [-0.25, -0.2) is 0 Å². The van der Waals surface area contributed by atoms with Gasteiger partial charge in [0.2, 0.25) is 0 Å². The summed E-state index contributed by atoms with van der Waals surface area (Å²) in [4.78, 5) is 16.8. The molecule has 2 N–H and O–H groups in total. The van der Waals surface area contributed by atoms with Crippen molar-refractivity contribution in [3.8, 4) is 0 Å². The van der Waals surface area contributed by atoms with Crippen LogP contribution in [-0.4, -0.2) is 10.9 Å². The third kappa shape index (κ3) is 4.09. The molecule has 4 heteroatoms. The van der Waals surface area contributed by atoms with Gasteiger partial charge in [0.05, 0.1) is 11.3 Å². The first kappa shape index (κ1) is 17.7. The number of amides is 1. The molecule has 1 aromatic heterocycles. The van der Waals surface area contributed by atoms with E-state index in [-0.39, 0.29) is 5.91 Å². The van der Waals surface area contributed by atoms with E-state index in [0.717, 1.165) is 22.5 Å². The molecule has 2 aromatic carbocycles. The van der Waals surface area contributed by atoms with E-state index < -0.39 is 0 Å². The third-order valence-electron chi connectivity index (χ3n) is 4.46. The number of anilines is 2. The Morgan fingerprint density at radius 3 is 2.35 bits per heavy atom. The highest BCUT2D eigenvalue weighted by atomic mass is 16.1. The number of nitrogens with zero attached hydrogens (tertiary/aromatic N) is 1. The fourth-order valence-electron chi connectivity index (χ4n) is 2.86. The van der Waals surface area contributed by atoms with Gasteiger partial charge in [-0.15, -0.1) is 0 Å². The number of aromatic nitrogens is 1. The predicted molar refractivity (Wildman–Crippen MR) is 107 cm³/mol. The topological polar surface area (TPSA) is 54.0 Å². The summed E-state index contributed by atoms with van der Waals surface area (Å²) in [5.41, 5.74) is 6.75. The Morgan fingerprint density at radius 1 is 0.923 bits per heavy atom. The van der Waals surface area contributed by atoms with Crippen molar-refractivity contribution < 1.29 is 4.79 Å². The molecule has 0 saturated carbocycles. The predicted octanol–water partition coefficient (Wildman–Crippen LogP) is 4.87. The summed E-state index contributed by atoms with van der Waals surface area (Å²) < 4.78 is 0. The molecule has 1 heterocycles. The Labute approximate surface area is 154 Å². The SMILES string of the molecule is Cc1ccccc1CNc1cncc(C(=O)Nc2c(C)cccc2C)c1. The van der Waals surface area contributed by atoms with E-state index in [1.54, 1.807) is 12.4 Å². The maximum atomic E-state index is 12.6. The second-order valence-corrected chi connectivity index (χ2v) is 6.46. The van der Waals surface area contributed by atoms with E-state index >= 15 is 0 Å². The average Bonchev–Trinajstić information content (AvgIpc) is 2.64. The van der Waals surface area contributed by atoms with Crippen LogP contribution in [-0.2, 0) is 6.54 Å². The first-order valence-electron chi connectivity index (χ1n) is 8.65.